The number of rotatable bonds is 5. The van der Waals surface area contributed by atoms with Gasteiger partial charge in [-0.25, -0.2) is 0 Å². The van der Waals surface area contributed by atoms with Gasteiger partial charge in [-0.15, -0.1) is 0 Å². The summed E-state index contributed by atoms with van der Waals surface area (Å²) in [4.78, 5) is 21.5. The minimum Gasteiger partial charge on any atom is -0.480 e. The summed E-state index contributed by atoms with van der Waals surface area (Å²) < 4.78 is 5.52. The monoisotopic (exact) mass is 286 g/mol. The Hall–Kier alpha value is -2.89. The third-order valence-corrected chi connectivity index (χ3v) is 2.96. The fourth-order valence-electron chi connectivity index (χ4n) is 1.84. The Balaban J connectivity index is 2.42. The van der Waals surface area contributed by atoms with Crippen molar-refractivity contribution in [3.63, 3.8) is 0 Å². The molecule has 0 aromatic heterocycles. The molecule has 6 heteroatoms. The molecule has 0 bridgehead atoms. The van der Waals surface area contributed by atoms with Gasteiger partial charge in [0.05, 0.1) is 4.92 Å². The van der Waals surface area contributed by atoms with Gasteiger partial charge in [-0.2, -0.15) is 0 Å². The zero-order valence-corrected chi connectivity index (χ0v) is 11.4. The van der Waals surface area contributed by atoms with Crippen LogP contribution in [0.3, 0.4) is 0 Å². The molecule has 0 radical (unpaired) electrons. The van der Waals surface area contributed by atoms with Crippen LogP contribution >= 0.6 is 0 Å². The summed E-state index contributed by atoms with van der Waals surface area (Å²) >= 11 is 0. The SMILES string of the molecule is C[C@@H](Oc1ccccc1-c1cccc([N+](=O)[O-])c1)C(N)=O. The number of carbonyl (C=O) groups is 1. The minimum atomic E-state index is -0.787. The van der Waals surface area contributed by atoms with Crippen LogP contribution in [0.25, 0.3) is 11.1 Å². The second kappa shape index (κ2) is 6.04. The highest BCUT2D eigenvalue weighted by Gasteiger charge is 2.15. The first-order valence-corrected chi connectivity index (χ1v) is 6.29. The largest absolute Gasteiger partial charge is 0.480 e. The van der Waals surface area contributed by atoms with Crippen LogP contribution in [0, 0.1) is 10.1 Å². The molecule has 2 aromatic rings. The molecule has 1 atom stereocenters. The quantitative estimate of drug-likeness (QED) is 0.674. The van der Waals surface area contributed by atoms with Gasteiger partial charge in [0, 0.05) is 17.7 Å². The lowest BCUT2D eigenvalue weighted by Gasteiger charge is -2.15. The average Bonchev–Trinajstić information content (AvgIpc) is 2.47. The minimum absolute atomic E-state index is 0.00903. The Morgan fingerprint density at radius 2 is 1.95 bits per heavy atom. The van der Waals surface area contributed by atoms with Gasteiger partial charge >= 0.3 is 0 Å². The number of nitro groups is 1. The number of benzene rings is 2. The maximum Gasteiger partial charge on any atom is 0.270 e. The second-order valence-electron chi connectivity index (χ2n) is 4.47. The molecule has 2 aromatic carbocycles. The van der Waals surface area contributed by atoms with E-state index in [2.05, 4.69) is 0 Å². The number of para-hydroxylation sites is 1. The predicted molar refractivity (Wildman–Crippen MR) is 77.8 cm³/mol. The fraction of sp³-hybridized carbons (Fsp3) is 0.133. The summed E-state index contributed by atoms with van der Waals surface area (Å²) in [6.45, 7) is 1.55. The molecule has 0 aliphatic carbocycles. The van der Waals surface area contributed by atoms with Crippen molar-refractivity contribution in [3.05, 3.63) is 58.6 Å². The number of hydrogen-bond donors (Lipinski definition) is 1. The molecule has 0 saturated carbocycles. The van der Waals surface area contributed by atoms with E-state index in [-0.39, 0.29) is 5.69 Å². The lowest BCUT2D eigenvalue weighted by molar-refractivity contribution is -0.384. The van der Waals surface area contributed by atoms with Crippen molar-refractivity contribution in [3.8, 4) is 16.9 Å². The highest BCUT2D eigenvalue weighted by molar-refractivity contribution is 5.79. The number of non-ortho nitro benzene ring substituents is 1. The number of hydrogen-bond acceptors (Lipinski definition) is 4. The normalized spacial score (nSPS) is 11.7. The third-order valence-electron chi connectivity index (χ3n) is 2.96. The van der Waals surface area contributed by atoms with E-state index in [0.717, 1.165) is 0 Å². The van der Waals surface area contributed by atoms with Crippen LogP contribution < -0.4 is 10.5 Å². The molecule has 21 heavy (non-hydrogen) atoms. The maximum absolute atomic E-state index is 11.1. The van der Waals surface area contributed by atoms with E-state index in [1.165, 1.54) is 12.1 Å². The van der Waals surface area contributed by atoms with Gasteiger partial charge in [-0.3, -0.25) is 14.9 Å². The van der Waals surface area contributed by atoms with Crippen LogP contribution in [0.5, 0.6) is 5.75 Å². The Morgan fingerprint density at radius 3 is 2.62 bits per heavy atom. The van der Waals surface area contributed by atoms with Gasteiger partial charge in [0.25, 0.3) is 11.6 Å². The summed E-state index contributed by atoms with van der Waals surface area (Å²) in [7, 11) is 0. The van der Waals surface area contributed by atoms with Crippen LogP contribution in [0.15, 0.2) is 48.5 Å². The molecule has 1 amide bonds. The number of ether oxygens (including phenoxy) is 1. The van der Waals surface area contributed by atoms with Gasteiger partial charge in [-0.05, 0) is 18.6 Å². The van der Waals surface area contributed by atoms with E-state index in [9.17, 15) is 14.9 Å². The van der Waals surface area contributed by atoms with Crippen molar-refractivity contribution in [2.75, 3.05) is 0 Å². The molecular weight excluding hydrogens is 272 g/mol. The number of nitrogens with zero attached hydrogens (tertiary/aromatic N) is 1. The number of amides is 1. The van der Waals surface area contributed by atoms with Crippen molar-refractivity contribution in [2.24, 2.45) is 5.73 Å². The second-order valence-corrected chi connectivity index (χ2v) is 4.47. The van der Waals surface area contributed by atoms with E-state index < -0.39 is 16.9 Å². The molecular formula is C15H14N2O4. The van der Waals surface area contributed by atoms with Crippen molar-refractivity contribution >= 4 is 11.6 Å². The first kappa shape index (κ1) is 14.5. The number of nitrogens with two attached hydrogens (primary N) is 1. The summed E-state index contributed by atoms with van der Waals surface area (Å²) in [5.41, 5.74) is 6.47. The molecule has 0 saturated heterocycles. The molecule has 0 unspecified atom stereocenters. The smallest absolute Gasteiger partial charge is 0.270 e. The standard InChI is InChI=1S/C15H14N2O4/c1-10(15(16)18)21-14-8-3-2-7-13(14)11-5-4-6-12(9-11)17(19)20/h2-10H,1H3,(H2,16,18)/t10-/m1/s1. The zero-order valence-electron chi connectivity index (χ0n) is 11.4. The molecule has 2 N–H and O–H groups in total. The lowest BCUT2D eigenvalue weighted by atomic mass is 10.0. The predicted octanol–water partition coefficient (Wildman–Crippen LogP) is 2.51. The summed E-state index contributed by atoms with van der Waals surface area (Å²) in [6.07, 6.45) is -0.787. The molecule has 108 valence electrons. The average molecular weight is 286 g/mol. The highest BCUT2D eigenvalue weighted by Crippen LogP contribution is 2.32. The summed E-state index contributed by atoms with van der Waals surface area (Å²) in [5, 5.41) is 10.8. The topological polar surface area (TPSA) is 95.5 Å². The zero-order chi connectivity index (χ0) is 15.4. The number of carbonyl (C=O) groups excluding carboxylic acids is 1. The highest BCUT2D eigenvalue weighted by atomic mass is 16.6. The maximum atomic E-state index is 11.1. The van der Waals surface area contributed by atoms with Gasteiger partial charge in [0.1, 0.15) is 5.75 Å². The third kappa shape index (κ3) is 3.36. The molecule has 6 nitrogen and oxygen atoms in total. The molecule has 0 fully saturated rings. The van der Waals surface area contributed by atoms with Gasteiger partial charge < -0.3 is 10.5 Å². The van der Waals surface area contributed by atoms with Crippen molar-refractivity contribution in [1.82, 2.24) is 0 Å². The Kier molecular flexibility index (Phi) is 4.18. The number of primary amides is 1. The molecule has 2 rings (SSSR count). The Labute approximate surface area is 121 Å². The summed E-state index contributed by atoms with van der Waals surface area (Å²) in [6, 6.07) is 13.2. The first-order valence-electron chi connectivity index (χ1n) is 6.29. The lowest BCUT2D eigenvalue weighted by Crippen LogP contribution is -2.30. The van der Waals surface area contributed by atoms with Crippen LogP contribution in [0.1, 0.15) is 6.92 Å². The number of nitro benzene ring substituents is 1. The van der Waals surface area contributed by atoms with E-state index in [1.54, 1.807) is 43.3 Å². The van der Waals surface area contributed by atoms with Gasteiger partial charge in [0.2, 0.25) is 0 Å². The van der Waals surface area contributed by atoms with Crippen LogP contribution in [-0.2, 0) is 4.79 Å². The molecule has 0 spiro atoms. The van der Waals surface area contributed by atoms with Crippen molar-refractivity contribution < 1.29 is 14.5 Å². The molecule has 0 aliphatic rings. The van der Waals surface area contributed by atoms with Gasteiger partial charge in [-0.1, -0.05) is 30.3 Å². The van der Waals surface area contributed by atoms with Crippen molar-refractivity contribution in [1.29, 1.82) is 0 Å². The Bertz CT molecular complexity index is 685. The van der Waals surface area contributed by atoms with E-state index in [4.69, 9.17) is 10.5 Å². The summed E-state index contributed by atoms with van der Waals surface area (Å²) in [5.74, 6) is -0.131. The van der Waals surface area contributed by atoms with Crippen LogP contribution in [0.4, 0.5) is 5.69 Å². The van der Waals surface area contributed by atoms with E-state index in [0.29, 0.717) is 16.9 Å². The molecule has 0 heterocycles. The van der Waals surface area contributed by atoms with Crippen molar-refractivity contribution in [2.45, 2.75) is 13.0 Å². The van der Waals surface area contributed by atoms with Gasteiger partial charge in [0.15, 0.2) is 6.10 Å². The van der Waals surface area contributed by atoms with E-state index in [1.807, 2.05) is 0 Å². The fourth-order valence-corrected chi connectivity index (χ4v) is 1.84. The molecule has 0 aliphatic heterocycles. The van der Waals surface area contributed by atoms with Crippen LogP contribution in [-0.4, -0.2) is 16.9 Å². The van der Waals surface area contributed by atoms with E-state index >= 15 is 0 Å². The first-order chi connectivity index (χ1) is 9.99. The van der Waals surface area contributed by atoms with Crippen LogP contribution in [0.2, 0.25) is 0 Å². The Morgan fingerprint density at radius 1 is 1.24 bits per heavy atom.